The first kappa shape index (κ1) is 14.1. The summed E-state index contributed by atoms with van der Waals surface area (Å²) >= 11 is 0. The van der Waals surface area contributed by atoms with Gasteiger partial charge in [-0.2, -0.15) is 4.31 Å². The second kappa shape index (κ2) is 4.99. The van der Waals surface area contributed by atoms with Crippen molar-refractivity contribution < 1.29 is 18.3 Å². The summed E-state index contributed by atoms with van der Waals surface area (Å²) in [6.07, 6.45) is -0.291. The van der Waals surface area contributed by atoms with E-state index in [0.717, 1.165) is 0 Å². The Balaban J connectivity index is 2.33. The number of nitrogen functional groups attached to an aromatic ring is 1. The molecule has 0 spiro atoms. The molecule has 7 heteroatoms. The monoisotopic (exact) mass is 286 g/mol. The third kappa shape index (κ3) is 2.83. The third-order valence-corrected chi connectivity index (χ3v) is 4.85. The maximum Gasteiger partial charge on any atom is 0.243 e. The van der Waals surface area contributed by atoms with Gasteiger partial charge < -0.3 is 15.6 Å². The molecule has 2 atom stereocenters. The molecule has 0 aliphatic carbocycles. The number of hydrogen-bond donors (Lipinski definition) is 2. The predicted molar refractivity (Wildman–Crippen MR) is 71.3 cm³/mol. The summed E-state index contributed by atoms with van der Waals surface area (Å²) in [5.74, 6) is -0.123. The highest BCUT2D eigenvalue weighted by Crippen LogP contribution is 2.26. The molecule has 3 N–H and O–H groups in total. The molecule has 0 radical (unpaired) electrons. The first-order chi connectivity index (χ1) is 8.80. The van der Waals surface area contributed by atoms with Crippen LogP contribution in [0.15, 0.2) is 23.1 Å². The van der Waals surface area contributed by atoms with E-state index in [1.807, 2.05) is 13.8 Å². The first-order valence-corrected chi connectivity index (χ1v) is 7.49. The van der Waals surface area contributed by atoms with Gasteiger partial charge in [0.1, 0.15) is 5.75 Å². The van der Waals surface area contributed by atoms with Gasteiger partial charge in [0, 0.05) is 13.1 Å². The minimum absolute atomic E-state index is 0.0513. The fourth-order valence-corrected chi connectivity index (χ4v) is 3.80. The van der Waals surface area contributed by atoms with E-state index in [1.165, 1.54) is 22.5 Å². The summed E-state index contributed by atoms with van der Waals surface area (Å²) in [6, 6.07) is 3.91. The van der Waals surface area contributed by atoms with Crippen LogP contribution in [0.3, 0.4) is 0 Å². The lowest BCUT2D eigenvalue weighted by Crippen LogP contribution is -2.48. The van der Waals surface area contributed by atoms with Crippen molar-refractivity contribution in [3.8, 4) is 5.75 Å². The number of nitrogens with zero attached hydrogens (tertiary/aromatic N) is 1. The minimum atomic E-state index is -3.60. The van der Waals surface area contributed by atoms with E-state index in [0.29, 0.717) is 13.1 Å². The van der Waals surface area contributed by atoms with Crippen molar-refractivity contribution in [2.24, 2.45) is 0 Å². The second-order valence-electron chi connectivity index (χ2n) is 4.80. The van der Waals surface area contributed by atoms with Crippen molar-refractivity contribution >= 4 is 15.7 Å². The quantitative estimate of drug-likeness (QED) is 0.619. The largest absolute Gasteiger partial charge is 0.506 e. The molecule has 0 bridgehead atoms. The number of morpholine rings is 1. The molecule has 1 aliphatic rings. The van der Waals surface area contributed by atoms with Crippen LogP contribution in [0.2, 0.25) is 0 Å². The van der Waals surface area contributed by atoms with Gasteiger partial charge in [0.15, 0.2) is 0 Å². The zero-order chi connectivity index (χ0) is 14.2. The lowest BCUT2D eigenvalue weighted by atomic mass is 10.3. The standard InChI is InChI=1S/C12H18N2O4S/c1-8-6-14(7-9(2)18-8)19(16,17)10-3-4-12(15)11(13)5-10/h3-5,8-9,15H,6-7,13H2,1-2H3/t8-,9+. The van der Waals surface area contributed by atoms with Crippen molar-refractivity contribution in [3.63, 3.8) is 0 Å². The molecular formula is C12H18N2O4S. The summed E-state index contributed by atoms with van der Waals surface area (Å²) in [4.78, 5) is 0.0871. The van der Waals surface area contributed by atoms with Gasteiger partial charge in [-0.3, -0.25) is 0 Å². The van der Waals surface area contributed by atoms with Gasteiger partial charge in [0.05, 0.1) is 22.8 Å². The topological polar surface area (TPSA) is 92.9 Å². The molecule has 1 aliphatic heterocycles. The van der Waals surface area contributed by atoms with Crippen molar-refractivity contribution in [2.75, 3.05) is 18.8 Å². The number of benzene rings is 1. The van der Waals surface area contributed by atoms with Crippen LogP contribution in [0.1, 0.15) is 13.8 Å². The molecule has 1 fully saturated rings. The van der Waals surface area contributed by atoms with Crippen LogP contribution in [0.5, 0.6) is 5.75 Å². The van der Waals surface area contributed by atoms with E-state index in [2.05, 4.69) is 0 Å². The fraction of sp³-hybridized carbons (Fsp3) is 0.500. The molecule has 2 rings (SSSR count). The molecule has 0 saturated carbocycles. The number of nitrogens with two attached hydrogens (primary N) is 1. The summed E-state index contributed by atoms with van der Waals surface area (Å²) in [5.41, 5.74) is 5.60. The molecule has 1 saturated heterocycles. The number of hydrogen-bond acceptors (Lipinski definition) is 5. The van der Waals surface area contributed by atoms with E-state index in [9.17, 15) is 13.5 Å². The Morgan fingerprint density at radius 1 is 1.32 bits per heavy atom. The van der Waals surface area contributed by atoms with Crippen LogP contribution in [0, 0.1) is 0 Å². The van der Waals surface area contributed by atoms with Gasteiger partial charge in [-0.15, -0.1) is 0 Å². The van der Waals surface area contributed by atoms with E-state index in [-0.39, 0.29) is 28.5 Å². The molecule has 1 heterocycles. The smallest absolute Gasteiger partial charge is 0.243 e. The van der Waals surface area contributed by atoms with Gasteiger partial charge in [-0.1, -0.05) is 0 Å². The van der Waals surface area contributed by atoms with Crippen molar-refractivity contribution in [1.82, 2.24) is 4.31 Å². The Bertz CT molecular complexity index is 563. The maximum atomic E-state index is 12.5. The van der Waals surface area contributed by atoms with Crippen LogP contribution in [-0.4, -0.2) is 43.1 Å². The summed E-state index contributed by atoms with van der Waals surface area (Å²) < 4.78 is 31.9. The number of phenols is 1. The highest BCUT2D eigenvalue weighted by atomic mass is 32.2. The van der Waals surface area contributed by atoms with Crippen LogP contribution in [-0.2, 0) is 14.8 Å². The summed E-state index contributed by atoms with van der Waals surface area (Å²) in [5, 5.41) is 9.35. The van der Waals surface area contributed by atoms with Crippen molar-refractivity contribution in [1.29, 1.82) is 0 Å². The number of aromatic hydroxyl groups is 1. The predicted octanol–water partition coefficient (Wildman–Crippen LogP) is 0.772. The highest BCUT2D eigenvalue weighted by Gasteiger charge is 2.32. The second-order valence-corrected chi connectivity index (χ2v) is 6.74. The molecule has 19 heavy (non-hydrogen) atoms. The zero-order valence-corrected chi connectivity index (χ0v) is 11.7. The molecule has 106 valence electrons. The van der Waals surface area contributed by atoms with Crippen LogP contribution >= 0.6 is 0 Å². The Morgan fingerprint density at radius 2 is 1.89 bits per heavy atom. The van der Waals surface area contributed by atoms with E-state index < -0.39 is 10.0 Å². The van der Waals surface area contributed by atoms with Gasteiger partial charge in [-0.25, -0.2) is 8.42 Å². The van der Waals surface area contributed by atoms with Crippen LogP contribution in [0.4, 0.5) is 5.69 Å². The molecular weight excluding hydrogens is 268 g/mol. The molecule has 0 amide bonds. The number of sulfonamides is 1. The van der Waals surface area contributed by atoms with E-state index in [1.54, 1.807) is 0 Å². The third-order valence-electron chi connectivity index (χ3n) is 3.02. The Kier molecular flexibility index (Phi) is 3.71. The average molecular weight is 286 g/mol. The highest BCUT2D eigenvalue weighted by molar-refractivity contribution is 7.89. The van der Waals surface area contributed by atoms with Gasteiger partial charge in [0.2, 0.25) is 10.0 Å². The number of phenolic OH excluding ortho intramolecular Hbond substituents is 1. The molecule has 6 nitrogen and oxygen atoms in total. The van der Waals surface area contributed by atoms with E-state index >= 15 is 0 Å². The average Bonchev–Trinajstić information content (AvgIpc) is 2.31. The molecule has 0 aromatic heterocycles. The lowest BCUT2D eigenvalue weighted by Gasteiger charge is -2.34. The Hall–Kier alpha value is -1.31. The molecule has 1 aromatic carbocycles. The molecule has 1 aromatic rings. The number of anilines is 1. The van der Waals surface area contributed by atoms with Gasteiger partial charge in [0.25, 0.3) is 0 Å². The molecule has 0 unspecified atom stereocenters. The first-order valence-electron chi connectivity index (χ1n) is 6.05. The lowest BCUT2D eigenvalue weighted by molar-refractivity contribution is -0.0440. The number of rotatable bonds is 2. The summed E-state index contributed by atoms with van der Waals surface area (Å²) in [7, 11) is -3.60. The van der Waals surface area contributed by atoms with Crippen LogP contribution < -0.4 is 5.73 Å². The van der Waals surface area contributed by atoms with Gasteiger partial charge in [-0.05, 0) is 32.0 Å². The maximum absolute atomic E-state index is 12.5. The fourth-order valence-electron chi connectivity index (χ4n) is 2.17. The minimum Gasteiger partial charge on any atom is -0.506 e. The van der Waals surface area contributed by atoms with Crippen molar-refractivity contribution in [2.45, 2.75) is 31.0 Å². The van der Waals surface area contributed by atoms with Gasteiger partial charge >= 0.3 is 0 Å². The van der Waals surface area contributed by atoms with E-state index in [4.69, 9.17) is 10.5 Å². The number of ether oxygens (including phenoxy) is 1. The van der Waals surface area contributed by atoms with Crippen LogP contribution in [0.25, 0.3) is 0 Å². The van der Waals surface area contributed by atoms with Crippen molar-refractivity contribution in [3.05, 3.63) is 18.2 Å². The zero-order valence-electron chi connectivity index (χ0n) is 10.9. The summed E-state index contributed by atoms with van der Waals surface area (Å²) in [6.45, 7) is 4.30. The normalized spacial score (nSPS) is 25.4. The Morgan fingerprint density at radius 3 is 2.42 bits per heavy atom. The Labute approximate surface area is 112 Å². The SMILES string of the molecule is C[C@@H]1CN(S(=O)(=O)c2ccc(O)c(N)c2)C[C@H](C)O1.